The minimum atomic E-state index is -2.51. The summed E-state index contributed by atoms with van der Waals surface area (Å²) in [5.74, 6) is -31.4. The van der Waals surface area contributed by atoms with Gasteiger partial charge in [0.2, 0.25) is 76.8 Å². The van der Waals surface area contributed by atoms with Crippen molar-refractivity contribution in [2.75, 3.05) is 44.3 Å². The van der Waals surface area contributed by atoms with Gasteiger partial charge < -0.3 is 127 Å². The van der Waals surface area contributed by atoms with Crippen LogP contribution in [0.25, 0.3) is 11.1 Å². The molecule has 4 aromatic carbocycles. The maximum Gasteiger partial charge on any atom is 0.407 e. The number of aliphatic hydroxyl groups is 1. The summed E-state index contributed by atoms with van der Waals surface area (Å²) >= 11 is 0. The lowest BCUT2D eigenvalue weighted by Crippen LogP contribution is -2.61. The van der Waals surface area contributed by atoms with E-state index in [-0.39, 0.29) is 42.1 Å². The Hall–Kier alpha value is -14.5. The molecule has 121 heavy (non-hydrogen) atoms. The van der Waals surface area contributed by atoms with Gasteiger partial charge in [-0.3, -0.25) is 91.1 Å². The number of carboxylic acid groups (broad SMARTS) is 4. The van der Waals surface area contributed by atoms with Crippen molar-refractivity contribution >= 4 is 136 Å². The number of primary amides is 1. The van der Waals surface area contributed by atoms with Crippen LogP contribution in [0.3, 0.4) is 0 Å². The van der Waals surface area contributed by atoms with E-state index in [1.54, 1.807) is 12.1 Å². The Balaban J connectivity index is 1.41. The molecule has 1 saturated heterocycles. The van der Waals surface area contributed by atoms with E-state index < -0.39 is 280 Å². The van der Waals surface area contributed by atoms with E-state index in [2.05, 4.69) is 47.9 Å². The molecule has 26 N–H and O–H groups in total. The van der Waals surface area contributed by atoms with E-state index in [1.807, 2.05) is 57.7 Å². The number of nitrogens with two attached hydrogens (primary N) is 4. The Morgan fingerprint density at radius 3 is 1.55 bits per heavy atom. The summed E-state index contributed by atoms with van der Waals surface area (Å²) in [5, 5.41) is 77.6. The van der Waals surface area contributed by atoms with Crippen molar-refractivity contribution < 1.29 is 136 Å². The number of hydrogen-bond acceptors (Lipinski definition) is 27. The van der Waals surface area contributed by atoms with Crippen LogP contribution < -0.4 is 92.1 Å². The highest BCUT2D eigenvalue weighted by molar-refractivity contribution is 6.06. The lowest BCUT2D eigenvalue weighted by atomic mass is 9.96. The van der Waals surface area contributed by atoms with Crippen LogP contribution in [-0.2, 0) is 95.8 Å². The van der Waals surface area contributed by atoms with E-state index in [9.17, 15) is 126 Å². The van der Waals surface area contributed by atoms with Gasteiger partial charge in [0.1, 0.15) is 73.1 Å². The summed E-state index contributed by atoms with van der Waals surface area (Å²) < 4.78 is 11.3. The second-order valence-electron chi connectivity index (χ2n) is 28.0. The van der Waals surface area contributed by atoms with Crippen molar-refractivity contribution in [1.29, 1.82) is 0 Å². The first kappa shape index (κ1) is 95.3. The van der Waals surface area contributed by atoms with Crippen molar-refractivity contribution in [1.82, 2.24) is 69.1 Å². The number of alkyl carbamates (subject to hydrolysis) is 1. The molecular weight excluding hydrogens is 1600 g/mol. The standard InChI is InChI=1S/C76H93N17O28/c1-34(23-59(100)101)63-74(117)91-52(25-55(96)42-18-9-11-20-45(42)78)75(118)121-36(3)64(93-71(114)51(29-62(106)107)90-70(113)48(26-56(80)97)88-66(109)46(79)24-54(95)41-17-8-10-19-44(41)77)73(116)83-31-57(98)85-47(21-12-22-81-76(119)120-33-43-39-15-6-4-13-37(39)38-14-5-7-16-40(38)43)68(111)89-50(28-61(104)105)69(112)84-35(2)65(108)87-49(27-60(102)103)67(110)82-30-58(99)86-53(32-94)72(115)92-63/h4-11,13-20,34-36,43,46-53,63-64,94H,12,21-33,77-79H2,1-3H3,(H2,80,97)(H,81,119)(H,82,110)(H,83,116)(H,84,112)(H,85,98)(H,86,99)(H,87,108)(H,88,109)(H,89,111)(H,90,113)(H,91,117)(H,92,115)(H,93,114)(H,100,101)(H,102,103)(H,104,105)(H,106,107)/t34?,35?,36?,46-,47?,48-,49?,50?,51-,52?,53?,63?,64?/m0/s1. The van der Waals surface area contributed by atoms with Crippen molar-refractivity contribution in [3.05, 3.63) is 119 Å². The van der Waals surface area contributed by atoms with Crippen LogP contribution in [0.15, 0.2) is 97.1 Å². The smallest absolute Gasteiger partial charge is 0.407 e. The van der Waals surface area contributed by atoms with Crippen molar-refractivity contribution in [2.45, 2.75) is 157 Å². The molecule has 1 heterocycles. The number of aliphatic carboxylic acids is 4. The fourth-order valence-electron chi connectivity index (χ4n) is 12.5. The Morgan fingerprint density at radius 1 is 0.512 bits per heavy atom. The molecule has 0 saturated carbocycles. The van der Waals surface area contributed by atoms with Gasteiger partial charge in [-0.25, -0.2) is 9.59 Å². The fraction of sp³-hybridized carbons (Fsp3) is 0.408. The highest BCUT2D eigenvalue weighted by atomic mass is 16.6. The number of carbonyl (C=O) groups is 21. The predicted molar refractivity (Wildman–Crippen MR) is 416 cm³/mol. The molecule has 0 bridgehead atoms. The Labute approximate surface area is 687 Å². The summed E-state index contributed by atoms with van der Waals surface area (Å²) in [6.07, 6.45) is -12.1. The maximum absolute atomic E-state index is 14.9. The largest absolute Gasteiger partial charge is 0.481 e. The Bertz CT molecular complexity index is 4590. The summed E-state index contributed by atoms with van der Waals surface area (Å²) in [5.41, 5.74) is 26.4. The zero-order chi connectivity index (χ0) is 89.6. The third-order valence-corrected chi connectivity index (χ3v) is 18.7. The molecule has 0 radical (unpaired) electrons. The van der Waals surface area contributed by atoms with Gasteiger partial charge in [0, 0.05) is 47.8 Å². The number of ether oxygens (including phenoxy) is 2. The molecule has 6 rings (SSSR count). The third-order valence-electron chi connectivity index (χ3n) is 18.7. The zero-order valence-electron chi connectivity index (χ0n) is 65.2. The number of amides is 14. The number of benzene rings is 4. The molecule has 1 fully saturated rings. The summed E-state index contributed by atoms with van der Waals surface area (Å²) in [6, 6.07) is 1.97. The number of esters is 1. The van der Waals surface area contributed by atoms with Crippen LogP contribution in [-0.4, -0.2) is 255 Å². The van der Waals surface area contributed by atoms with E-state index in [0.717, 1.165) is 43.0 Å². The lowest BCUT2D eigenvalue weighted by molar-refractivity contribution is -0.156. The molecule has 13 atom stereocenters. The first-order valence-electron chi connectivity index (χ1n) is 37.3. The normalized spacial score (nSPS) is 21.0. The van der Waals surface area contributed by atoms with Gasteiger partial charge >= 0.3 is 35.9 Å². The van der Waals surface area contributed by atoms with Crippen LogP contribution in [0.1, 0.15) is 116 Å². The topological polar surface area (TPSA) is 739 Å². The number of nitrogen functional groups attached to an aromatic ring is 2. The van der Waals surface area contributed by atoms with Gasteiger partial charge in [-0.1, -0.05) is 79.7 Å². The molecule has 1 aliphatic carbocycles. The number of carboxylic acids is 4. The minimum Gasteiger partial charge on any atom is -0.481 e. The highest BCUT2D eigenvalue weighted by Crippen LogP contribution is 2.44. The molecule has 0 spiro atoms. The second kappa shape index (κ2) is 45.3. The number of fused-ring (bicyclic) bond motifs is 3. The molecule has 14 amide bonds. The second-order valence-corrected chi connectivity index (χ2v) is 28.0. The molecule has 650 valence electrons. The maximum atomic E-state index is 14.9. The van der Waals surface area contributed by atoms with Crippen LogP contribution in [0, 0.1) is 5.92 Å². The first-order chi connectivity index (χ1) is 57.2. The quantitative estimate of drug-likeness (QED) is 0.00999. The highest BCUT2D eigenvalue weighted by Gasteiger charge is 2.41. The van der Waals surface area contributed by atoms with Gasteiger partial charge in [-0.15, -0.1) is 0 Å². The van der Waals surface area contributed by atoms with Crippen LogP contribution >= 0.6 is 0 Å². The average molecular weight is 1690 g/mol. The van der Waals surface area contributed by atoms with E-state index >= 15 is 0 Å². The van der Waals surface area contributed by atoms with Gasteiger partial charge in [-0.05, 0) is 79.1 Å². The fourth-order valence-corrected chi connectivity index (χ4v) is 12.5. The van der Waals surface area contributed by atoms with Crippen LogP contribution in [0.4, 0.5) is 16.2 Å². The minimum absolute atomic E-state index is 0.000366. The van der Waals surface area contributed by atoms with Crippen LogP contribution in [0.2, 0.25) is 0 Å². The molecular formula is C76H93N17O28. The predicted octanol–water partition coefficient (Wildman–Crippen LogP) is -6.21. The first-order valence-corrected chi connectivity index (χ1v) is 37.3. The van der Waals surface area contributed by atoms with Gasteiger partial charge in [0.05, 0.1) is 57.8 Å². The monoisotopic (exact) mass is 1690 g/mol. The zero-order valence-corrected chi connectivity index (χ0v) is 65.2. The van der Waals surface area contributed by atoms with E-state index in [1.165, 1.54) is 48.5 Å². The molecule has 0 aromatic heterocycles. The molecule has 1 aliphatic heterocycles. The van der Waals surface area contributed by atoms with Gasteiger partial charge in [-0.2, -0.15) is 0 Å². The number of carbonyl (C=O) groups excluding carboxylic acids is 17. The van der Waals surface area contributed by atoms with E-state index in [0.29, 0.717) is 0 Å². The van der Waals surface area contributed by atoms with Crippen LogP contribution in [0.5, 0.6) is 0 Å². The number of hydrogen-bond donors (Lipinski definition) is 22. The number of rotatable bonds is 30. The summed E-state index contributed by atoms with van der Waals surface area (Å²) in [6.45, 7) is -1.49. The summed E-state index contributed by atoms with van der Waals surface area (Å²) in [4.78, 5) is 286. The number of anilines is 2. The summed E-state index contributed by atoms with van der Waals surface area (Å²) in [7, 11) is 0. The van der Waals surface area contributed by atoms with E-state index in [4.69, 9.17) is 32.4 Å². The lowest BCUT2D eigenvalue weighted by Gasteiger charge is -2.30. The number of nitrogens with one attached hydrogen (secondary N) is 13. The Kier molecular flexibility index (Phi) is 35.7. The SMILES string of the molecule is CC1NC(=O)C(CC(=O)O)NC(=O)C(CCCNC(=O)OCC2c3ccccc3-c3ccccc32)NC(=O)CNC(=O)C(NC(=O)[C@H](CC(=O)O)NC(=O)[C@H](CC(N)=O)NC(=O)[C@@H](N)CC(=O)c2ccccc2N)C(C)OC(=O)C(CC(=O)c2ccccc2N)NC(=O)C(C(C)CC(=O)O)NC(=O)C(CO)NC(=O)CNC(=O)C(CC(=O)O)NC1=O. The van der Waals surface area contributed by atoms with Crippen molar-refractivity contribution in [2.24, 2.45) is 17.4 Å². The number of aliphatic hydroxyl groups excluding tert-OH is 1. The van der Waals surface area contributed by atoms with Crippen molar-refractivity contribution in [3.8, 4) is 11.1 Å². The number of ketones is 2. The van der Waals surface area contributed by atoms with Gasteiger partial charge in [0.25, 0.3) is 0 Å². The van der Waals surface area contributed by atoms with Crippen molar-refractivity contribution in [3.63, 3.8) is 0 Å². The average Bonchev–Trinajstić information content (AvgIpc) is 1.61. The molecule has 4 aromatic rings. The number of para-hydroxylation sites is 2. The Morgan fingerprint density at radius 2 is 1.00 bits per heavy atom. The molecule has 2 aliphatic rings. The van der Waals surface area contributed by atoms with Gasteiger partial charge in [0.15, 0.2) is 11.6 Å². The molecule has 45 heteroatoms. The number of cyclic esters (lactones) is 1. The molecule has 45 nitrogen and oxygen atoms in total. The third kappa shape index (κ3) is 29.0. The number of Topliss-reactive ketones (excluding diaryl/α,β-unsaturated/α-hetero) is 2. The molecule has 10 unspecified atom stereocenters.